The average molecular weight is 379 g/mol. The predicted molar refractivity (Wildman–Crippen MR) is 102 cm³/mol. The van der Waals surface area contributed by atoms with E-state index in [0.717, 1.165) is 22.3 Å². The van der Waals surface area contributed by atoms with Gasteiger partial charge in [-0.3, -0.25) is 4.79 Å². The number of amides is 1. The zero-order valence-corrected chi connectivity index (χ0v) is 16.4. The lowest BCUT2D eigenvalue weighted by Gasteiger charge is -2.27. The van der Waals surface area contributed by atoms with Gasteiger partial charge < -0.3 is 9.45 Å². The van der Waals surface area contributed by atoms with Crippen molar-refractivity contribution in [2.45, 2.75) is 27.2 Å². The summed E-state index contributed by atoms with van der Waals surface area (Å²) in [5.41, 5.74) is 1.29. The summed E-state index contributed by atoms with van der Waals surface area (Å²) >= 11 is 0.00926. The summed E-state index contributed by atoms with van der Waals surface area (Å²) in [6.07, 6.45) is 7.96. The van der Waals surface area contributed by atoms with Gasteiger partial charge in [-0.05, 0) is 25.3 Å². The van der Waals surface area contributed by atoms with Gasteiger partial charge in [0.15, 0.2) is 5.13 Å². The Morgan fingerprint density at radius 2 is 2.36 bits per heavy atom. The second-order valence-electron chi connectivity index (χ2n) is 6.25. The number of carbonyl (C=O) groups is 1. The van der Waals surface area contributed by atoms with Crippen LogP contribution in [0.2, 0.25) is 0 Å². The van der Waals surface area contributed by atoms with E-state index in [9.17, 15) is 9.35 Å². The summed E-state index contributed by atoms with van der Waals surface area (Å²) in [5.74, 6) is -0.126. The van der Waals surface area contributed by atoms with E-state index in [1.807, 2.05) is 25.2 Å². The normalized spacial score (nSPS) is 17.8. The number of nitriles is 1. The molecule has 1 amide bonds. The molecule has 0 spiro atoms. The van der Waals surface area contributed by atoms with E-state index in [1.54, 1.807) is 0 Å². The van der Waals surface area contributed by atoms with Crippen molar-refractivity contribution in [3.8, 4) is 6.07 Å². The second-order valence-corrected chi connectivity index (χ2v) is 8.54. The summed E-state index contributed by atoms with van der Waals surface area (Å²) in [6, 6.07) is 2.25. The van der Waals surface area contributed by atoms with E-state index in [0.29, 0.717) is 18.0 Å². The van der Waals surface area contributed by atoms with E-state index >= 15 is 0 Å². The highest BCUT2D eigenvalue weighted by molar-refractivity contribution is 7.89. The van der Waals surface area contributed by atoms with Crippen LogP contribution in [0.5, 0.6) is 0 Å². The number of allylic oxidation sites excluding steroid dienone is 3. The molecule has 2 rings (SSSR count). The maximum absolute atomic E-state index is 12.1. The molecular formula is C17H22N4O2S2. The minimum atomic E-state index is -1.43. The second kappa shape index (κ2) is 8.52. The molecule has 0 radical (unpaired) electrons. The predicted octanol–water partition coefficient (Wildman–Crippen LogP) is 2.92. The van der Waals surface area contributed by atoms with Crippen molar-refractivity contribution >= 4 is 33.7 Å². The molecule has 6 nitrogen and oxygen atoms in total. The number of nitrogens with zero attached hydrogens (tertiary/aromatic N) is 3. The number of aromatic nitrogens is 1. The van der Waals surface area contributed by atoms with Crippen LogP contribution >= 0.6 is 11.3 Å². The molecule has 0 bridgehead atoms. The minimum absolute atomic E-state index is 0.0939. The van der Waals surface area contributed by atoms with Gasteiger partial charge in [0.2, 0.25) is 0 Å². The lowest BCUT2D eigenvalue weighted by Crippen LogP contribution is -2.30. The van der Waals surface area contributed by atoms with Crippen LogP contribution in [0, 0.1) is 30.1 Å². The van der Waals surface area contributed by atoms with Gasteiger partial charge in [-0.2, -0.15) is 9.98 Å². The third-order valence-corrected chi connectivity index (χ3v) is 5.04. The number of hydrogen-bond donors (Lipinski definition) is 1. The van der Waals surface area contributed by atoms with Gasteiger partial charge in [-0.25, -0.2) is 4.98 Å². The van der Waals surface area contributed by atoms with Gasteiger partial charge >= 0.3 is 5.91 Å². The van der Waals surface area contributed by atoms with E-state index in [1.165, 1.54) is 17.6 Å². The number of nitrogens with one attached hydrogen (secondary N) is 1. The number of aryl methyl sites for hydroxylation is 1. The average Bonchev–Trinajstić information content (AvgIpc) is 2.93. The van der Waals surface area contributed by atoms with Crippen LogP contribution < -0.4 is 9.62 Å². The molecule has 2 unspecified atom stereocenters. The Kier molecular flexibility index (Phi) is 6.64. The highest BCUT2D eigenvalue weighted by Crippen LogP contribution is 2.31. The molecule has 0 saturated carbocycles. The van der Waals surface area contributed by atoms with Crippen LogP contribution in [0.3, 0.4) is 0 Å². The van der Waals surface area contributed by atoms with E-state index in [4.69, 9.17) is 5.26 Å². The van der Waals surface area contributed by atoms with E-state index in [2.05, 4.69) is 34.5 Å². The number of rotatable bonds is 6. The molecule has 1 aromatic heterocycles. The topological polar surface area (TPSA) is 92.1 Å². The largest absolute Gasteiger partial charge is 0.593 e. The molecule has 0 aliphatic heterocycles. The molecule has 2 atom stereocenters. The summed E-state index contributed by atoms with van der Waals surface area (Å²) in [5, 5.41) is 9.75. The maximum Gasteiger partial charge on any atom is 0.311 e. The molecule has 134 valence electrons. The Morgan fingerprint density at radius 3 is 2.88 bits per heavy atom. The van der Waals surface area contributed by atoms with Gasteiger partial charge in [0, 0.05) is 17.1 Å². The first-order chi connectivity index (χ1) is 11.8. The summed E-state index contributed by atoms with van der Waals surface area (Å²) in [4.78, 5) is 19.5. The molecule has 8 heteroatoms. The fourth-order valence-electron chi connectivity index (χ4n) is 2.45. The van der Waals surface area contributed by atoms with Gasteiger partial charge in [-0.1, -0.05) is 26.0 Å². The summed E-state index contributed by atoms with van der Waals surface area (Å²) in [7, 11) is 0. The fraction of sp³-hybridized carbons (Fsp3) is 0.471. The maximum atomic E-state index is 12.1. The zero-order chi connectivity index (χ0) is 18.6. The van der Waals surface area contributed by atoms with Crippen LogP contribution in [-0.4, -0.2) is 28.2 Å². The van der Waals surface area contributed by atoms with Crippen LogP contribution in [0.25, 0.3) is 0 Å². The molecular weight excluding hydrogens is 356 g/mol. The monoisotopic (exact) mass is 378 g/mol. The third kappa shape index (κ3) is 5.08. The molecule has 0 saturated heterocycles. The molecule has 1 aliphatic carbocycles. The lowest BCUT2D eigenvalue weighted by molar-refractivity contribution is 0.0977. The van der Waals surface area contributed by atoms with Crippen molar-refractivity contribution in [2.75, 3.05) is 17.7 Å². The molecule has 0 fully saturated rings. The van der Waals surface area contributed by atoms with Crippen molar-refractivity contribution in [1.29, 1.82) is 5.26 Å². The molecule has 25 heavy (non-hydrogen) atoms. The number of carbonyl (C=O) groups excluding carboxylic acids is 1. The molecule has 1 N–H and O–H groups in total. The highest BCUT2D eigenvalue weighted by Gasteiger charge is 2.23. The highest BCUT2D eigenvalue weighted by atomic mass is 32.2. The van der Waals surface area contributed by atoms with Crippen molar-refractivity contribution in [3.05, 3.63) is 34.5 Å². The first-order valence-corrected chi connectivity index (χ1v) is 10.4. The van der Waals surface area contributed by atoms with Crippen molar-refractivity contribution in [1.82, 2.24) is 9.71 Å². The fourth-order valence-corrected chi connectivity index (χ4v) is 3.75. The van der Waals surface area contributed by atoms with Crippen molar-refractivity contribution < 1.29 is 9.35 Å². The third-order valence-electron chi connectivity index (χ3n) is 3.57. The first kappa shape index (κ1) is 19.5. The molecule has 1 aliphatic rings. The molecule has 0 aromatic carbocycles. The SMILES string of the molecule is Cc1sc(N(CC(C)C)C2=CCC(C#N)C=C2)nc1C(=O)N[S+](C)[O-]. The van der Waals surface area contributed by atoms with E-state index in [-0.39, 0.29) is 5.92 Å². The Balaban J connectivity index is 2.31. The smallest absolute Gasteiger partial charge is 0.311 e. The number of hydrogen-bond acceptors (Lipinski definition) is 6. The van der Waals surface area contributed by atoms with Gasteiger partial charge in [0.05, 0.1) is 23.3 Å². The number of thiazole rings is 1. The zero-order valence-electron chi connectivity index (χ0n) is 14.8. The standard InChI is InChI=1S/C17H22N4O2S2/c1-11(2)10-21(14-7-5-13(9-18)6-8-14)17-19-15(12(3)24-17)16(22)20-25(4)23/h5,7-8,11,13H,6,10H2,1-4H3,(H,20,22). The van der Waals surface area contributed by atoms with Gasteiger partial charge in [0.25, 0.3) is 0 Å². The minimum Gasteiger partial charge on any atom is -0.593 e. The Bertz CT molecular complexity index is 731. The van der Waals surface area contributed by atoms with E-state index < -0.39 is 17.3 Å². The van der Waals surface area contributed by atoms with Crippen LogP contribution in [0.1, 0.15) is 35.6 Å². The van der Waals surface area contributed by atoms with Gasteiger partial charge in [0.1, 0.15) is 11.9 Å². The van der Waals surface area contributed by atoms with Gasteiger partial charge in [-0.15, -0.1) is 11.3 Å². The lowest BCUT2D eigenvalue weighted by atomic mass is 10.0. The van der Waals surface area contributed by atoms with Crippen LogP contribution in [-0.2, 0) is 11.4 Å². The summed E-state index contributed by atoms with van der Waals surface area (Å²) in [6.45, 7) is 6.82. The Hall–Kier alpha value is -1.82. The number of anilines is 1. The molecule has 1 heterocycles. The van der Waals surface area contributed by atoms with Crippen LogP contribution in [0.15, 0.2) is 23.9 Å². The Labute approximate surface area is 155 Å². The summed E-state index contributed by atoms with van der Waals surface area (Å²) < 4.78 is 13.6. The quantitative estimate of drug-likeness (QED) is 0.769. The van der Waals surface area contributed by atoms with Crippen molar-refractivity contribution in [3.63, 3.8) is 0 Å². The van der Waals surface area contributed by atoms with Crippen LogP contribution in [0.4, 0.5) is 5.13 Å². The van der Waals surface area contributed by atoms with Crippen molar-refractivity contribution in [2.24, 2.45) is 11.8 Å². The Morgan fingerprint density at radius 1 is 1.64 bits per heavy atom. The molecule has 1 aromatic rings. The first-order valence-electron chi connectivity index (χ1n) is 7.99.